The molecule has 2 amide bonds. The number of aromatic nitrogens is 5. The Kier molecular flexibility index (Phi) is 7.21. The van der Waals surface area contributed by atoms with Gasteiger partial charge in [0.1, 0.15) is 0 Å². The molecule has 0 aliphatic carbocycles. The molecule has 0 saturated carbocycles. The molecule has 11 heteroatoms. The zero-order chi connectivity index (χ0) is 24.9. The van der Waals surface area contributed by atoms with Crippen LogP contribution in [-0.4, -0.2) is 36.6 Å². The Morgan fingerprint density at radius 3 is 2.40 bits per heavy atom. The summed E-state index contributed by atoms with van der Waals surface area (Å²) in [6, 6.07) is 13.7. The van der Waals surface area contributed by atoms with Crippen LogP contribution in [-0.2, 0) is 6.54 Å². The lowest BCUT2D eigenvalue weighted by Gasteiger charge is -2.11. The van der Waals surface area contributed by atoms with E-state index in [9.17, 15) is 14.4 Å². The molecule has 2 aromatic heterocycles. The fourth-order valence-electron chi connectivity index (χ4n) is 3.69. The predicted molar refractivity (Wildman–Crippen MR) is 132 cm³/mol. The number of rotatable bonds is 7. The molecule has 2 heterocycles. The summed E-state index contributed by atoms with van der Waals surface area (Å²) in [5, 5.41) is 13.5. The number of amides is 2. The summed E-state index contributed by atoms with van der Waals surface area (Å²) in [7, 11) is 0. The van der Waals surface area contributed by atoms with Crippen LogP contribution in [0.2, 0.25) is 5.02 Å². The minimum Gasteiger partial charge on any atom is -0.267 e. The average molecular weight is 494 g/mol. The number of hydrogen-bond acceptors (Lipinski definition) is 6. The van der Waals surface area contributed by atoms with Gasteiger partial charge in [-0.1, -0.05) is 60.8 Å². The average Bonchev–Trinajstić information content (AvgIpc) is 3.25. The second-order valence-corrected chi connectivity index (χ2v) is 8.39. The fourth-order valence-corrected chi connectivity index (χ4v) is 3.87. The van der Waals surface area contributed by atoms with Crippen molar-refractivity contribution in [2.45, 2.75) is 39.7 Å². The molecule has 0 aliphatic rings. The summed E-state index contributed by atoms with van der Waals surface area (Å²) < 4.78 is 2.78. The van der Waals surface area contributed by atoms with E-state index in [4.69, 9.17) is 11.6 Å². The normalized spacial score (nSPS) is 10.9. The molecule has 35 heavy (non-hydrogen) atoms. The topological polar surface area (TPSA) is 124 Å². The number of halogens is 1. The van der Waals surface area contributed by atoms with Crippen LogP contribution >= 0.6 is 11.6 Å². The molecule has 0 unspecified atom stereocenters. The largest absolute Gasteiger partial charge is 0.292 e. The number of benzene rings is 2. The van der Waals surface area contributed by atoms with E-state index in [0.29, 0.717) is 33.7 Å². The Morgan fingerprint density at radius 2 is 1.69 bits per heavy atom. The molecule has 0 fully saturated rings. The first-order valence-electron chi connectivity index (χ1n) is 11.2. The Hall–Kier alpha value is -4.05. The minimum atomic E-state index is -0.654. The Bertz CT molecular complexity index is 1460. The van der Waals surface area contributed by atoms with Gasteiger partial charge in [0.2, 0.25) is 0 Å². The van der Waals surface area contributed by atoms with E-state index >= 15 is 0 Å². The third-order valence-electron chi connectivity index (χ3n) is 5.51. The van der Waals surface area contributed by atoms with E-state index in [1.807, 2.05) is 0 Å². The van der Waals surface area contributed by atoms with Gasteiger partial charge in [-0.2, -0.15) is 5.10 Å². The highest BCUT2D eigenvalue weighted by Gasteiger charge is 2.21. The minimum absolute atomic E-state index is 0.0348. The van der Waals surface area contributed by atoms with Crippen LogP contribution in [0.5, 0.6) is 0 Å². The molecule has 180 valence electrons. The van der Waals surface area contributed by atoms with E-state index in [0.717, 1.165) is 19.3 Å². The Morgan fingerprint density at radius 1 is 0.971 bits per heavy atom. The molecule has 0 bridgehead atoms. The highest BCUT2D eigenvalue weighted by molar-refractivity contribution is 6.30. The van der Waals surface area contributed by atoms with Gasteiger partial charge in [0.15, 0.2) is 11.4 Å². The number of hydrazine groups is 1. The van der Waals surface area contributed by atoms with Crippen LogP contribution in [0.15, 0.2) is 53.3 Å². The fraction of sp³-hybridized carbons (Fsp3) is 0.250. The molecule has 4 aromatic rings. The van der Waals surface area contributed by atoms with Gasteiger partial charge in [0, 0.05) is 17.0 Å². The summed E-state index contributed by atoms with van der Waals surface area (Å²) in [4.78, 5) is 38.5. The maximum atomic E-state index is 13.0. The lowest BCUT2D eigenvalue weighted by molar-refractivity contribution is 0.0840. The number of hydrogen-bond donors (Lipinski definition) is 2. The van der Waals surface area contributed by atoms with Crippen molar-refractivity contribution in [2.24, 2.45) is 0 Å². The van der Waals surface area contributed by atoms with Crippen molar-refractivity contribution in [1.82, 2.24) is 35.6 Å². The van der Waals surface area contributed by atoms with Crippen molar-refractivity contribution in [3.8, 4) is 5.69 Å². The molecular formula is C24H24ClN7O3. The summed E-state index contributed by atoms with van der Waals surface area (Å²) in [6.07, 6.45) is 2.69. The van der Waals surface area contributed by atoms with Gasteiger partial charge in [-0.15, -0.1) is 5.10 Å². The number of aryl methyl sites for hydroxylation is 1. The summed E-state index contributed by atoms with van der Waals surface area (Å²) in [6.45, 7) is 4.14. The lowest BCUT2D eigenvalue weighted by atomic mass is 10.1. The standard InChI is InChI=1S/C24H24ClN7O3/c1-3-4-7-13-31-24(35)19-12-6-5-11-18(19)21(29-31)23(34)28-27-22(33)20-15(2)32(30-26-20)17-10-8-9-16(25)14-17/h5-6,8-12,14H,3-4,7,13H2,1-2H3,(H,27,33)(H,28,34). The predicted octanol–water partition coefficient (Wildman–Crippen LogP) is 3.20. The lowest BCUT2D eigenvalue weighted by Crippen LogP contribution is -2.43. The van der Waals surface area contributed by atoms with Gasteiger partial charge in [0.05, 0.1) is 16.8 Å². The van der Waals surface area contributed by atoms with Crippen LogP contribution in [0.1, 0.15) is 52.9 Å². The first-order chi connectivity index (χ1) is 16.9. The SMILES string of the molecule is CCCCCn1nc(C(=O)NNC(=O)c2nnn(-c3cccc(Cl)c3)c2C)c2ccccc2c1=O. The summed E-state index contributed by atoms with van der Waals surface area (Å²) in [5.41, 5.74) is 5.66. The van der Waals surface area contributed by atoms with E-state index in [1.165, 1.54) is 9.36 Å². The second-order valence-electron chi connectivity index (χ2n) is 7.95. The van der Waals surface area contributed by atoms with Crippen molar-refractivity contribution < 1.29 is 9.59 Å². The summed E-state index contributed by atoms with van der Waals surface area (Å²) in [5.74, 6) is -1.30. The van der Waals surface area contributed by atoms with E-state index in [1.54, 1.807) is 55.5 Å². The second kappa shape index (κ2) is 10.5. The van der Waals surface area contributed by atoms with Crippen LogP contribution in [0.25, 0.3) is 16.5 Å². The van der Waals surface area contributed by atoms with Crippen molar-refractivity contribution in [2.75, 3.05) is 0 Å². The van der Waals surface area contributed by atoms with E-state index < -0.39 is 11.8 Å². The van der Waals surface area contributed by atoms with Crippen molar-refractivity contribution in [3.63, 3.8) is 0 Å². The van der Waals surface area contributed by atoms with Gasteiger partial charge in [-0.3, -0.25) is 25.2 Å². The highest BCUT2D eigenvalue weighted by Crippen LogP contribution is 2.17. The van der Waals surface area contributed by atoms with E-state index in [2.05, 4.69) is 33.2 Å². The van der Waals surface area contributed by atoms with E-state index in [-0.39, 0.29) is 16.9 Å². The monoisotopic (exact) mass is 493 g/mol. The summed E-state index contributed by atoms with van der Waals surface area (Å²) >= 11 is 6.04. The third kappa shape index (κ3) is 5.07. The number of nitrogens with zero attached hydrogens (tertiary/aromatic N) is 5. The molecule has 0 radical (unpaired) electrons. The Balaban J connectivity index is 1.55. The maximum absolute atomic E-state index is 13.0. The van der Waals surface area contributed by atoms with Gasteiger partial charge in [-0.25, -0.2) is 9.36 Å². The van der Waals surface area contributed by atoms with Gasteiger partial charge in [-0.05, 0) is 37.6 Å². The first-order valence-corrected chi connectivity index (χ1v) is 11.6. The first kappa shape index (κ1) is 24.1. The van der Waals surface area contributed by atoms with Crippen molar-refractivity contribution >= 4 is 34.2 Å². The molecule has 2 aromatic carbocycles. The Labute approximate surface area is 205 Å². The molecule has 0 aliphatic heterocycles. The molecule has 10 nitrogen and oxygen atoms in total. The number of carbonyl (C=O) groups excluding carboxylic acids is 2. The van der Waals surface area contributed by atoms with Crippen LogP contribution < -0.4 is 16.4 Å². The molecule has 0 spiro atoms. The van der Waals surface area contributed by atoms with Crippen LogP contribution in [0.3, 0.4) is 0 Å². The number of carbonyl (C=O) groups is 2. The number of fused-ring (bicyclic) bond motifs is 1. The molecular weight excluding hydrogens is 470 g/mol. The van der Waals surface area contributed by atoms with Gasteiger partial charge < -0.3 is 0 Å². The zero-order valence-corrected chi connectivity index (χ0v) is 20.0. The maximum Gasteiger partial charge on any atom is 0.292 e. The highest BCUT2D eigenvalue weighted by atomic mass is 35.5. The van der Waals surface area contributed by atoms with Gasteiger partial charge in [0.25, 0.3) is 17.4 Å². The van der Waals surface area contributed by atoms with Crippen molar-refractivity contribution in [1.29, 1.82) is 0 Å². The molecule has 4 rings (SSSR count). The van der Waals surface area contributed by atoms with Crippen molar-refractivity contribution in [3.05, 3.63) is 81.0 Å². The molecule has 2 N–H and O–H groups in total. The molecule has 0 atom stereocenters. The van der Waals surface area contributed by atoms with Gasteiger partial charge >= 0.3 is 0 Å². The zero-order valence-electron chi connectivity index (χ0n) is 19.3. The number of nitrogens with one attached hydrogen (secondary N) is 2. The van der Waals surface area contributed by atoms with Crippen LogP contribution in [0.4, 0.5) is 0 Å². The number of unbranched alkanes of at least 4 members (excludes halogenated alkanes) is 2. The molecule has 0 saturated heterocycles. The quantitative estimate of drug-likeness (QED) is 0.301. The third-order valence-corrected chi connectivity index (χ3v) is 5.74. The van der Waals surface area contributed by atoms with Crippen LogP contribution in [0, 0.1) is 6.92 Å². The smallest absolute Gasteiger partial charge is 0.267 e.